The van der Waals surface area contributed by atoms with Crippen molar-refractivity contribution in [2.24, 2.45) is 5.10 Å². The van der Waals surface area contributed by atoms with E-state index in [9.17, 15) is 9.59 Å². The van der Waals surface area contributed by atoms with Crippen LogP contribution in [-0.4, -0.2) is 29.3 Å². The molecule has 0 radical (unpaired) electrons. The van der Waals surface area contributed by atoms with E-state index in [0.29, 0.717) is 0 Å². The molecule has 1 aliphatic carbocycles. The van der Waals surface area contributed by atoms with Crippen LogP contribution in [0.1, 0.15) is 11.1 Å². The number of rotatable bonds is 1. The summed E-state index contributed by atoms with van der Waals surface area (Å²) in [7, 11) is 0. The van der Waals surface area contributed by atoms with Crippen molar-refractivity contribution in [1.82, 2.24) is 15.8 Å². The lowest BCUT2D eigenvalue weighted by molar-refractivity contribution is -0.137. The fraction of sp³-hybridized carbons (Fsp3) is 0.0870. The molecule has 3 aliphatic rings. The number of carbonyl (C=O) groups excluding carboxylic acids is 2. The molecule has 2 amide bonds. The molecule has 2 heterocycles. The maximum absolute atomic E-state index is 13.5. The first-order valence-electron chi connectivity index (χ1n) is 9.71. The zero-order valence-electron chi connectivity index (χ0n) is 15.9. The topological polar surface area (TPSA) is 77.0 Å². The van der Waals surface area contributed by atoms with E-state index in [1.165, 1.54) is 5.01 Å². The number of hydrazine groups is 1. The van der Waals surface area contributed by atoms with E-state index in [4.69, 9.17) is 0 Å². The number of hydrogen-bond donors (Lipinski definition) is 2. The van der Waals surface area contributed by atoms with Crippen molar-refractivity contribution >= 4 is 23.5 Å². The minimum atomic E-state index is -1.18. The highest BCUT2D eigenvalue weighted by atomic mass is 16.2. The second-order valence-corrected chi connectivity index (χ2v) is 7.45. The van der Waals surface area contributed by atoms with Gasteiger partial charge >= 0.3 is 0 Å². The molecule has 6 rings (SSSR count). The smallest absolute Gasteiger partial charge is 0.265 e. The molecule has 146 valence electrons. The maximum atomic E-state index is 13.5. The van der Waals surface area contributed by atoms with Crippen molar-refractivity contribution in [2.75, 3.05) is 11.6 Å². The van der Waals surface area contributed by atoms with Crippen LogP contribution in [-0.2, 0) is 15.1 Å². The number of benzene rings is 3. The third-order valence-corrected chi connectivity index (χ3v) is 5.81. The van der Waals surface area contributed by atoms with Crippen molar-refractivity contribution < 1.29 is 9.59 Å². The quantitative estimate of drug-likeness (QED) is 0.662. The van der Waals surface area contributed by atoms with Gasteiger partial charge in [-0.3, -0.25) is 19.9 Å². The average molecular weight is 395 g/mol. The van der Waals surface area contributed by atoms with Gasteiger partial charge in [-0.15, -0.1) is 5.10 Å². The first-order chi connectivity index (χ1) is 14.7. The average Bonchev–Trinajstić information content (AvgIpc) is 3.07. The number of guanidine groups is 1. The normalized spacial score (nSPS) is 18.5. The Hall–Kier alpha value is -3.97. The predicted molar refractivity (Wildman–Crippen MR) is 112 cm³/mol. The highest BCUT2D eigenvalue weighted by molar-refractivity contribution is 6.14. The molecule has 2 aliphatic heterocycles. The lowest BCUT2D eigenvalue weighted by Gasteiger charge is -2.44. The Kier molecular flexibility index (Phi) is 3.39. The number of hydrazone groups is 1. The molecule has 0 saturated carbocycles. The third kappa shape index (κ3) is 2.15. The van der Waals surface area contributed by atoms with E-state index < -0.39 is 5.54 Å². The molecule has 7 heteroatoms. The summed E-state index contributed by atoms with van der Waals surface area (Å²) in [4.78, 5) is 26.6. The van der Waals surface area contributed by atoms with Gasteiger partial charge in [-0.05, 0) is 34.4 Å². The lowest BCUT2D eigenvalue weighted by atomic mass is 9.86. The Morgan fingerprint density at radius 1 is 0.800 bits per heavy atom. The Bertz CT molecular complexity index is 1190. The number of hydrogen-bond acceptors (Lipinski definition) is 5. The summed E-state index contributed by atoms with van der Waals surface area (Å²) in [6.45, 7) is 0.0652. The summed E-state index contributed by atoms with van der Waals surface area (Å²) in [5.41, 5.74) is 6.42. The van der Waals surface area contributed by atoms with Gasteiger partial charge in [0.2, 0.25) is 5.96 Å². The molecular formula is C23H17N5O2. The summed E-state index contributed by atoms with van der Waals surface area (Å²) >= 11 is 0. The van der Waals surface area contributed by atoms with E-state index in [-0.39, 0.29) is 24.3 Å². The molecular weight excluding hydrogens is 378 g/mol. The molecule has 0 unspecified atom stereocenters. The van der Waals surface area contributed by atoms with Crippen LogP contribution in [0.2, 0.25) is 0 Å². The molecule has 1 spiro atoms. The highest BCUT2D eigenvalue weighted by Crippen LogP contribution is 2.48. The van der Waals surface area contributed by atoms with Gasteiger partial charge in [0.05, 0.1) is 5.69 Å². The fourth-order valence-corrected chi connectivity index (χ4v) is 4.47. The highest BCUT2D eigenvalue weighted by Gasteiger charge is 2.55. The van der Waals surface area contributed by atoms with Crippen LogP contribution in [0.15, 0.2) is 84.0 Å². The molecule has 1 fully saturated rings. The van der Waals surface area contributed by atoms with Gasteiger partial charge in [0, 0.05) is 0 Å². The number of amides is 2. The molecule has 7 nitrogen and oxygen atoms in total. The molecule has 0 atom stereocenters. The SMILES string of the molecule is O=C1CN(c2ccccc2)N=C2NC(=O)C3(NN12)c1ccccc1-c1ccccc13. The first kappa shape index (κ1) is 16.9. The van der Waals surface area contributed by atoms with Crippen molar-refractivity contribution in [1.29, 1.82) is 0 Å². The van der Waals surface area contributed by atoms with Crippen molar-refractivity contribution in [3.63, 3.8) is 0 Å². The summed E-state index contributed by atoms with van der Waals surface area (Å²) in [6, 6.07) is 25.0. The van der Waals surface area contributed by atoms with Crippen LogP contribution in [0, 0.1) is 0 Å². The number of carbonyl (C=O) groups is 2. The summed E-state index contributed by atoms with van der Waals surface area (Å²) in [6.07, 6.45) is 0. The van der Waals surface area contributed by atoms with E-state index in [1.807, 2.05) is 78.9 Å². The van der Waals surface area contributed by atoms with E-state index in [2.05, 4.69) is 15.8 Å². The Morgan fingerprint density at radius 3 is 2.07 bits per heavy atom. The van der Waals surface area contributed by atoms with Gasteiger partial charge < -0.3 is 0 Å². The second-order valence-electron chi connectivity index (χ2n) is 7.45. The molecule has 3 aromatic rings. The van der Waals surface area contributed by atoms with Crippen molar-refractivity contribution in [2.45, 2.75) is 5.54 Å². The van der Waals surface area contributed by atoms with Gasteiger partial charge in [-0.25, -0.2) is 5.01 Å². The van der Waals surface area contributed by atoms with Gasteiger partial charge in [0.15, 0.2) is 5.54 Å². The number of nitrogens with one attached hydrogen (secondary N) is 2. The van der Waals surface area contributed by atoms with E-state index in [1.54, 1.807) is 5.01 Å². The monoisotopic (exact) mass is 395 g/mol. The Morgan fingerprint density at radius 2 is 1.40 bits per heavy atom. The Balaban J connectivity index is 1.47. The predicted octanol–water partition coefficient (Wildman–Crippen LogP) is 2.16. The molecule has 2 N–H and O–H groups in total. The van der Waals surface area contributed by atoms with Gasteiger partial charge in [-0.2, -0.15) is 5.43 Å². The minimum absolute atomic E-state index is 0.0652. The minimum Gasteiger partial charge on any atom is -0.291 e. The zero-order valence-corrected chi connectivity index (χ0v) is 15.9. The largest absolute Gasteiger partial charge is 0.291 e. The molecule has 30 heavy (non-hydrogen) atoms. The first-order valence-corrected chi connectivity index (χ1v) is 9.71. The molecule has 3 aromatic carbocycles. The number of para-hydroxylation sites is 1. The number of fused-ring (bicyclic) bond motifs is 6. The second kappa shape index (κ2) is 6.01. The van der Waals surface area contributed by atoms with Gasteiger partial charge in [0.1, 0.15) is 6.54 Å². The standard InChI is InChI=1S/C23H17N5O2/c29-20-14-27(15-8-2-1-3-9-15)25-22-24-21(30)23(26-28(20)22)18-12-6-4-10-16(18)17-11-5-7-13-19(17)23/h1-13,26H,14H2,(H,24,25,30). The van der Waals surface area contributed by atoms with Crippen molar-refractivity contribution in [3.8, 4) is 11.1 Å². The van der Waals surface area contributed by atoms with Gasteiger partial charge in [0.25, 0.3) is 11.8 Å². The zero-order chi connectivity index (χ0) is 20.3. The van der Waals surface area contributed by atoms with Gasteiger partial charge in [-0.1, -0.05) is 66.7 Å². The summed E-state index contributed by atoms with van der Waals surface area (Å²) in [5, 5.41) is 10.3. The van der Waals surface area contributed by atoms with Crippen LogP contribution >= 0.6 is 0 Å². The lowest BCUT2D eigenvalue weighted by Crippen LogP contribution is -2.73. The third-order valence-electron chi connectivity index (χ3n) is 5.81. The van der Waals surface area contributed by atoms with Crippen LogP contribution in [0.25, 0.3) is 11.1 Å². The molecule has 0 bridgehead atoms. The number of anilines is 1. The number of nitrogens with zero attached hydrogens (tertiary/aromatic N) is 3. The maximum Gasteiger partial charge on any atom is 0.265 e. The summed E-state index contributed by atoms with van der Waals surface area (Å²) in [5.74, 6) is -0.296. The van der Waals surface area contributed by atoms with Crippen LogP contribution < -0.4 is 15.8 Å². The van der Waals surface area contributed by atoms with E-state index >= 15 is 0 Å². The fourth-order valence-electron chi connectivity index (χ4n) is 4.47. The molecule has 1 saturated heterocycles. The summed E-state index contributed by atoms with van der Waals surface area (Å²) < 4.78 is 0. The Labute approximate surface area is 172 Å². The molecule has 0 aromatic heterocycles. The van der Waals surface area contributed by atoms with Crippen LogP contribution in [0.5, 0.6) is 0 Å². The van der Waals surface area contributed by atoms with Crippen molar-refractivity contribution in [3.05, 3.63) is 90.0 Å². The van der Waals surface area contributed by atoms with Crippen LogP contribution in [0.3, 0.4) is 0 Å². The van der Waals surface area contributed by atoms with E-state index in [0.717, 1.165) is 27.9 Å². The van der Waals surface area contributed by atoms with Crippen LogP contribution in [0.4, 0.5) is 5.69 Å².